The number of aromatic nitrogens is 4. The Balaban J connectivity index is 2.32. The molecule has 5 heteroatoms. The third-order valence-electron chi connectivity index (χ3n) is 2.98. The quantitative estimate of drug-likeness (QED) is 0.872. The van der Waals surface area contributed by atoms with E-state index in [2.05, 4.69) is 34.1 Å². The molecule has 5 nitrogen and oxygen atoms in total. The number of hydrogen-bond acceptors (Lipinski definition) is 4. The number of anilines is 1. The van der Waals surface area contributed by atoms with Gasteiger partial charge in [0.25, 0.3) is 0 Å². The summed E-state index contributed by atoms with van der Waals surface area (Å²) >= 11 is 0. The van der Waals surface area contributed by atoms with Gasteiger partial charge in [0.15, 0.2) is 0 Å². The summed E-state index contributed by atoms with van der Waals surface area (Å²) in [5.41, 5.74) is 2.24. The number of nitrogens with zero attached hydrogens (tertiary/aromatic N) is 4. The van der Waals surface area contributed by atoms with Crippen molar-refractivity contribution in [2.45, 2.75) is 26.7 Å². The van der Waals surface area contributed by atoms with Crippen molar-refractivity contribution in [1.82, 2.24) is 19.5 Å². The van der Waals surface area contributed by atoms with Crippen LogP contribution in [0.3, 0.4) is 0 Å². The molecule has 2 aromatic heterocycles. The minimum Gasteiger partial charge on any atom is -0.370 e. The highest BCUT2D eigenvalue weighted by Crippen LogP contribution is 2.18. The van der Waals surface area contributed by atoms with Crippen LogP contribution in [0.5, 0.6) is 0 Å². The molecule has 0 saturated heterocycles. The molecule has 2 heterocycles. The van der Waals surface area contributed by atoms with Crippen LogP contribution in [0.1, 0.15) is 30.9 Å². The van der Waals surface area contributed by atoms with Gasteiger partial charge in [0, 0.05) is 38.0 Å². The molecule has 96 valence electrons. The van der Waals surface area contributed by atoms with E-state index in [9.17, 15) is 0 Å². The van der Waals surface area contributed by atoms with Gasteiger partial charge in [-0.2, -0.15) is 0 Å². The second kappa shape index (κ2) is 5.62. The molecule has 0 aliphatic rings. The molecule has 18 heavy (non-hydrogen) atoms. The number of aryl methyl sites for hydroxylation is 1. The Morgan fingerprint density at radius 2 is 2.06 bits per heavy atom. The van der Waals surface area contributed by atoms with Gasteiger partial charge < -0.3 is 9.88 Å². The van der Waals surface area contributed by atoms with Crippen molar-refractivity contribution in [2.24, 2.45) is 7.05 Å². The third kappa shape index (κ3) is 2.50. The molecule has 0 aromatic carbocycles. The van der Waals surface area contributed by atoms with Gasteiger partial charge in [-0.15, -0.1) is 0 Å². The molecule has 0 bridgehead atoms. The molecule has 0 atom stereocenters. The third-order valence-corrected chi connectivity index (χ3v) is 2.98. The van der Waals surface area contributed by atoms with Gasteiger partial charge in [0.05, 0.1) is 5.69 Å². The van der Waals surface area contributed by atoms with Crippen LogP contribution in [0, 0.1) is 0 Å². The summed E-state index contributed by atoms with van der Waals surface area (Å²) in [7, 11) is 2.00. The van der Waals surface area contributed by atoms with Crippen molar-refractivity contribution in [2.75, 3.05) is 11.9 Å². The summed E-state index contributed by atoms with van der Waals surface area (Å²) in [6.45, 7) is 5.06. The molecule has 0 saturated carbocycles. The standard InChI is InChI=1S/C13H19N5/c1-4-10-11(8-12-15-6-7-18(12)3)16-9-17-13(10)14-5-2/h6-7,9H,4-5,8H2,1-3H3,(H,14,16,17). The van der Waals surface area contributed by atoms with Crippen molar-refractivity contribution in [1.29, 1.82) is 0 Å². The van der Waals surface area contributed by atoms with Gasteiger partial charge in [-0.3, -0.25) is 0 Å². The van der Waals surface area contributed by atoms with Gasteiger partial charge in [-0.1, -0.05) is 6.92 Å². The van der Waals surface area contributed by atoms with E-state index in [1.165, 1.54) is 5.56 Å². The van der Waals surface area contributed by atoms with E-state index in [1.807, 2.05) is 24.0 Å². The summed E-state index contributed by atoms with van der Waals surface area (Å²) in [5.74, 6) is 1.96. The average Bonchev–Trinajstić information content (AvgIpc) is 2.76. The summed E-state index contributed by atoms with van der Waals surface area (Å²) in [4.78, 5) is 13.1. The molecule has 2 aromatic rings. The first-order chi connectivity index (χ1) is 8.76. The van der Waals surface area contributed by atoms with Crippen LogP contribution in [0.25, 0.3) is 0 Å². The van der Waals surface area contributed by atoms with Gasteiger partial charge in [-0.05, 0) is 13.3 Å². The van der Waals surface area contributed by atoms with E-state index in [0.29, 0.717) is 0 Å². The minimum absolute atomic E-state index is 0.744. The molecule has 0 radical (unpaired) electrons. The lowest BCUT2D eigenvalue weighted by Crippen LogP contribution is -2.09. The smallest absolute Gasteiger partial charge is 0.132 e. The molecule has 0 aliphatic carbocycles. The molecular formula is C13H19N5. The first-order valence-electron chi connectivity index (χ1n) is 6.29. The molecule has 0 fully saturated rings. The highest BCUT2D eigenvalue weighted by atomic mass is 15.0. The lowest BCUT2D eigenvalue weighted by Gasteiger charge is -2.12. The zero-order valence-corrected chi connectivity index (χ0v) is 11.1. The number of imidazole rings is 1. The molecule has 0 amide bonds. The Bertz CT molecular complexity index is 518. The van der Waals surface area contributed by atoms with Gasteiger partial charge in [-0.25, -0.2) is 15.0 Å². The fraction of sp³-hybridized carbons (Fsp3) is 0.462. The summed E-state index contributed by atoms with van der Waals surface area (Å²) < 4.78 is 2.02. The van der Waals surface area contributed by atoms with Crippen LogP contribution < -0.4 is 5.32 Å². The van der Waals surface area contributed by atoms with E-state index in [1.54, 1.807) is 6.33 Å². The molecule has 0 unspecified atom stereocenters. The maximum Gasteiger partial charge on any atom is 0.132 e. The number of nitrogens with one attached hydrogen (secondary N) is 1. The summed E-state index contributed by atoms with van der Waals surface area (Å²) in [6.07, 6.45) is 7.05. The second-order valence-electron chi connectivity index (χ2n) is 4.16. The van der Waals surface area contributed by atoms with Crippen LogP contribution in [-0.2, 0) is 19.9 Å². The summed E-state index contributed by atoms with van der Waals surface area (Å²) in [5, 5.41) is 3.28. The molecule has 2 rings (SSSR count). The van der Waals surface area contributed by atoms with Crippen LogP contribution in [0.2, 0.25) is 0 Å². The Hall–Kier alpha value is -1.91. The zero-order valence-electron chi connectivity index (χ0n) is 11.1. The average molecular weight is 245 g/mol. The minimum atomic E-state index is 0.744. The molecule has 0 aliphatic heterocycles. The Kier molecular flexibility index (Phi) is 3.92. The van der Waals surface area contributed by atoms with Gasteiger partial charge >= 0.3 is 0 Å². The number of hydrogen-bond donors (Lipinski definition) is 1. The Morgan fingerprint density at radius 1 is 1.22 bits per heavy atom. The molecular weight excluding hydrogens is 226 g/mol. The second-order valence-corrected chi connectivity index (χ2v) is 4.16. The van der Waals surface area contributed by atoms with E-state index in [0.717, 1.165) is 36.7 Å². The van der Waals surface area contributed by atoms with Crippen LogP contribution in [-0.4, -0.2) is 26.1 Å². The van der Waals surface area contributed by atoms with Crippen molar-refractivity contribution >= 4 is 5.82 Å². The van der Waals surface area contributed by atoms with Crippen molar-refractivity contribution < 1.29 is 0 Å². The van der Waals surface area contributed by atoms with E-state index in [4.69, 9.17) is 0 Å². The highest BCUT2D eigenvalue weighted by Gasteiger charge is 2.11. The Labute approximate surface area is 107 Å². The lowest BCUT2D eigenvalue weighted by atomic mass is 10.1. The van der Waals surface area contributed by atoms with E-state index in [-0.39, 0.29) is 0 Å². The van der Waals surface area contributed by atoms with Crippen molar-refractivity contribution in [3.63, 3.8) is 0 Å². The maximum absolute atomic E-state index is 4.40. The number of rotatable bonds is 5. The lowest BCUT2D eigenvalue weighted by molar-refractivity contribution is 0.800. The maximum atomic E-state index is 4.40. The van der Waals surface area contributed by atoms with Crippen LogP contribution in [0.15, 0.2) is 18.7 Å². The van der Waals surface area contributed by atoms with Crippen molar-refractivity contribution in [3.8, 4) is 0 Å². The summed E-state index contributed by atoms with van der Waals surface area (Å²) in [6, 6.07) is 0. The first-order valence-corrected chi connectivity index (χ1v) is 6.29. The normalized spacial score (nSPS) is 10.6. The molecule has 1 N–H and O–H groups in total. The van der Waals surface area contributed by atoms with Gasteiger partial charge in [0.2, 0.25) is 0 Å². The molecule has 0 spiro atoms. The highest BCUT2D eigenvalue weighted by molar-refractivity contribution is 5.46. The van der Waals surface area contributed by atoms with E-state index < -0.39 is 0 Å². The Morgan fingerprint density at radius 3 is 2.67 bits per heavy atom. The largest absolute Gasteiger partial charge is 0.370 e. The van der Waals surface area contributed by atoms with E-state index >= 15 is 0 Å². The van der Waals surface area contributed by atoms with Gasteiger partial charge in [0.1, 0.15) is 18.0 Å². The van der Waals surface area contributed by atoms with Crippen molar-refractivity contribution in [3.05, 3.63) is 35.8 Å². The monoisotopic (exact) mass is 245 g/mol. The first kappa shape index (κ1) is 12.5. The van der Waals surface area contributed by atoms with Crippen LogP contribution >= 0.6 is 0 Å². The topological polar surface area (TPSA) is 55.6 Å². The zero-order chi connectivity index (χ0) is 13.0. The van der Waals surface area contributed by atoms with Crippen LogP contribution in [0.4, 0.5) is 5.82 Å². The fourth-order valence-corrected chi connectivity index (χ4v) is 2.01. The predicted octanol–water partition coefficient (Wildman–Crippen LogP) is 1.80. The SMILES string of the molecule is CCNc1ncnc(Cc2nccn2C)c1CC. The predicted molar refractivity (Wildman–Crippen MR) is 71.6 cm³/mol. The fourth-order valence-electron chi connectivity index (χ4n) is 2.01.